The van der Waals surface area contributed by atoms with Crippen molar-refractivity contribution in [3.05, 3.63) is 11.6 Å². The van der Waals surface area contributed by atoms with Crippen LogP contribution >= 0.6 is 0 Å². The SMILES string of the molecule is CCC(C)N(C)C(=O)c1nnc2n1C1(CC2)CCN(CCN(C)C)CC1.O=C(O)C(F)(F)F.O=C(O)C(F)(F)F. The van der Waals surface area contributed by atoms with E-state index in [0.29, 0.717) is 5.82 Å². The van der Waals surface area contributed by atoms with Crippen LogP contribution in [0.25, 0.3) is 0 Å². The number of hydrogen-bond acceptors (Lipinski definition) is 7. The Labute approximate surface area is 227 Å². The minimum atomic E-state index is -5.08. The number of nitrogens with zero attached hydrogens (tertiary/aromatic N) is 6. The average Bonchev–Trinajstić information content (AvgIpc) is 3.43. The maximum absolute atomic E-state index is 13.0. The molecule has 3 heterocycles. The van der Waals surface area contributed by atoms with Gasteiger partial charge in [-0.3, -0.25) is 4.79 Å². The maximum atomic E-state index is 13.0. The molecule has 1 saturated heterocycles. The summed E-state index contributed by atoms with van der Waals surface area (Å²) in [4.78, 5) is 37.4. The highest BCUT2D eigenvalue weighted by Crippen LogP contribution is 2.41. The monoisotopic (exact) mass is 590 g/mol. The molecular weight excluding hydrogens is 554 g/mol. The average molecular weight is 591 g/mol. The largest absolute Gasteiger partial charge is 0.490 e. The van der Waals surface area contributed by atoms with E-state index >= 15 is 0 Å². The first kappa shape index (κ1) is 35.1. The van der Waals surface area contributed by atoms with Gasteiger partial charge in [0.25, 0.3) is 5.91 Å². The van der Waals surface area contributed by atoms with E-state index in [9.17, 15) is 31.1 Å². The number of rotatable bonds is 6. The van der Waals surface area contributed by atoms with Crippen molar-refractivity contribution in [1.82, 2.24) is 29.5 Å². The molecular formula is C23H36F6N6O5. The van der Waals surface area contributed by atoms with Crippen LogP contribution in [0.4, 0.5) is 26.3 Å². The van der Waals surface area contributed by atoms with Crippen molar-refractivity contribution in [3.8, 4) is 0 Å². The molecule has 0 radical (unpaired) electrons. The summed E-state index contributed by atoms with van der Waals surface area (Å²) in [7, 11) is 6.12. The van der Waals surface area contributed by atoms with Gasteiger partial charge >= 0.3 is 24.3 Å². The first-order chi connectivity index (χ1) is 18.3. The molecule has 0 aromatic carbocycles. The Morgan fingerprint density at radius 2 is 1.43 bits per heavy atom. The van der Waals surface area contributed by atoms with Crippen LogP contribution in [0, 0.1) is 0 Å². The summed E-state index contributed by atoms with van der Waals surface area (Å²) in [5.74, 6) is -3.97. The van der Waals surface area contributed by atoms with Crippen LogP contribution in [0.3, 0.4) is 0 Å². The Morgan fingerprint density at radius 1 is 0.950 bits per heavy atom. The molecule has 2 aliphatic heterocycles. The highest BCUT2D eigenvalue weighted by Gasteiger charge is 2.45. The third-order valence-corrected chi connectivity index (χ3v) is 6.92. The molecule has 0 aliphatic carbocycles. The van der Waals surface area contributed by atoms with E-state index in [1.165, 1.54) is 0 Å². The lowest BCUT2D eigenvalue weighted by atomic mass is 9.85. The molecule has 40 heavy (non-hydrogen) atoms. The Hall–Kier alpha value is -2.95. The highest BCUT2D eigenvalue weighted by molar-refractivity contribution is 5.91. The molecule has 1 spiro atoms. The maximum Gasteiger partial charge on any atom is 0.490 e. The quantitative estimate of drug-likeness (QED) is 0.480. The van der Waals surface area contributed by atoms with E-state index in [4.69, 9.17) is 19.8 Å². The molecule has 230 valence electrons. The highest BCUT2D eigenvalue weighted by atomic mass is 19.4. The number of hydrogen-bond donors (Lipinski definition) is 2. The van der Waals surface area contributed by atoms with Crippen LogP contribution in [-0.2, 0) is 21.5 Å². The molecule has 1 unspecified atom stereocenters. The van der Waals surface area contributed by atoms with Crippen molar-refractivity contribution in [1.29, 1.82) is 0 Å². The zero-order valence-corrected chi connectivity index (χ0v) is 23.0. The number of amides is 1. The lowest BCUT2D eigenvalue weighted by molar-refractivity contribution is -0.193. The topological polar surface area (TPSA) is 132 Å². The van der Waals surface area contributed by atoms with Crippen molar-refractivity contribution in [2.45, 2.75) is 69.9 Å². The van der Waals surface area contributed by atoms with E-state index < -0.39 is 24.3 Å². The standard InChI is InChI=1S/C19H34N6O.2C2HF3O2/c1-6-15(2)23(5)18(26)17-21-20-16-7-8-19(25(16)17)9-11-24(12-10-19)14-13-22(3)4;2*3-2(4,5)1(6)7/h15H,6-14H2,1-5H3;2*(H,6,7). The van der Waals surface area contributed by atoms with Crippen molar-refractivity contribution in [2.75, 3.05) is 47.3 Å². The molecule has 11 nitrogen and oxygen atoms in total. The van der Waals surface area contributed by atoms with E-state index in [-0.39, 0.29) is 17.5 Å². The number of alkyl halides is 6. The van der Waals surface area contributed by atoms with Crippen molar-refractivity contribution < 1.29 is 50.9 Å². The molecule has 1 fully saturated rings. The molecule has 1 aromatic rings. The van der Waals surface area contributed by atoms with Gasteiger partial charge < -0.3 is 29.5 Å². The number of aromatic nitrogens is 3. The molecule has 0 saturated carbocycles. The smallest absolute Gasteiger partial charge is 0.475 e. The zero-order valence-electron chi connectivity index (χ0n) is 23.0. The number of halogens is 6. The Morgan fingerprint density at radius 3 is 1.82 bits per heavy atom. The van der Waals surface area contributed by atoms with Gasteiger partial charge in [0.1, 0.15) is 5.82 Å². The minimum Gasteiger partial charge on any atom is -0.475 e. The van der Waals surface area contributed by atoms with E-state index in [1.54, 1.807) is 0 Å². The number of likely N-dealkylation sites (N-methyl/N-ethyl adjacent to an activating group) is 1. The summed E-state index contributed by atoms with van der Waals surface area (Å²) in [6.45, 7) is 8.56. The van der Waals surface area contributed by atoms with Crippen LogP contribution in [-0.4, -0.2) is 123 Å². The summed E-state index contributed by atoms with van der Waals surface area (Å²) in [6.07, 6.45) is -5.04. The van der Waals surface area contributed by atoms with Crippen molar-refractivity contribution >= 4 is 17.8 Å². The number of carbonyl (C=O) groups excluding carboxylic acids is 1. The lowest BCUT2D eigenvalue weighted by Crippen LogP contribution is -2.47. The molecule has 1 aromatic heterocycles. The van der Waals surface area contributed by atoms with E-state index in [0.717, 1.165) is 64.1 Å². The van der Waals surface area contributed by atoms with Gasteiger partial charge in [-0.1, -0.05) is 6.92 Å². The van der Waals surface area contributed by atoms with Crippen LogP contribution in [0.1, 0.15) is 56.0 Å². The van der Waals surface area contributed by atoms with Crippen molar-refractivity contribution in [2.24, 2.45) is 0 Å². The summed E-state index contributed by atoms with van der Waals surface area (Å²) < 4.78 is 65.7. The second kappa shape index (κ2) is 14.1. The summed E-state index contributed by atoms with van der Waals surface area (Å²) in [5.41, 5.74) is 0.0364. The molecule has 3 rings (SSSR count). The van der Waals surface area contributed by atoms with Gasteiger partial charge in [0.05, 0.1) is 5.54 Å². The first-order valence-corrected chi connectivity index (χ1v) is 12.5. The molecule has 0 bridgehead atoms. The third-order valence-electron chi connectivity index (χ3n) is 6.92. The molecule has 1 amide bonds. The predicted molar refractivity (Wildman–Crippen MR) is 130 cm³/mol. The van der Waals surface area contributed by atoms with Crippen LogP contribution in [0.5, 0.6) is 0 Å². The van der Waals surface area contributed by atoms with Gasteiger partial charge in [0, 0.05) is 45.7 Å². The van der Waals surface area contributed by atoms with Gasteiger partial charge in [-0.05, 0) is 46.7 Å². The Bertz CT molecular complexity index is 981. The summed E-state index contributed by atoms with van der Waals surface area (Å²) >= 11 is 0. The van der Waals surface area contributed by atoms with Gasteiger partial charge in [-0.2, -0.15) is 26.3 Å². The van der Waals surface area contributed by atoms with Gasteiger partial charge in [-0.15, -0.1) is 10.2 Å². The number of fused-ring (bicyclic) bond motifs is 2. The number of piperidine rings is 1. The molecule has 17 heteroatoms. The third kappa shape index (κ3) is 9.60. The number of carboxylic acid groups (broad SMARTS) is 2. The fraction of sp³-hybridized carbons (Fsp3) is 0.783. The Balaban J connectivity index is 0.000000473. The van der Waals surface area contributed by atoms with E-state index in [1.807, 2.05) is 11.9 Å². The number of carbonyl (C=O) groups is 3. The Kier molecular flexibility index (Phi) is 12.4. The van der Waals surface area contributed by atoms with Gasteiger partial charge in [0.15, 0.2) is 0 Å². The number of likely N-dealkylation sites (tertiary alicyclic amines) is 1. The molecule has 2 N–H and O–H groups in total. The molecule has 2 aliphatic rings. The normalized spacial score (nSPS) is 17.3. The second-order valence-electron chi connectivity index (χ2n) is 9.92. The van der Waals surface area contributed by atoms with Crippen LogP contribution in [0.15, 0.2) is 0 Å². The van der Waals surface area contributed by atoms with Gasteiger partial charge in [-0.25, -0.2) is 9.59 Å². The minimum absolute atomic E-state index is 0.00872. The van der Waals surface area contributed by atoms with Crippen LogP contribution in [0.2, 0.25) is 0 Å². The molecule has 1 atom stereocenters. The van der Waals surface area contributed by atoms with E-state index in [2.05, 4.69) is 52.5 Å². The fourth-order valence-electron chi connectivity index (χ4n) is 4.21. The van der Waals surface area contributed by atoms with Crippen molar-refractivity contribution in [3.63, 3.8) is 0 Å². The van der Waals surface area contributed by atoms with Crippen LogP contribution < -0.4 is 0 Å². The first-order valence-electron chi connectivity index (χ1n) is 12.5. The number of aryl methyl sites for hydroxylation is 1. The summed E-state index contributed by atoms with van der Waals surface area (Å²) in [5, 5.41) is 22.9. The number of aliphatic carboxylic acids is 2. The zero-order chi connectivity index (χ0) is 31.1. The lowest BCUT2D eigenvalue weighted by Gasteiger charge is -2.41. The van der Waals surface area contributed by atoms with Gasteiger partial charge in [0.2, 0.25) is 5.82 Å². The predicted octanol–water partition coefficient (Wildman–Crippen LogP) is 2.71. The number of carboxylic acids is 2. The summed E-state index contributed by atoms with van der Waals surface area (Å²) in [6, 6.07) is 0.209. The fourth-order valence-corrected chi connectivity index (χ4v) is 4.21. The second-order valence-corrected chi connectivity index (χ2v) is 9.92.